The minimum Gasteiger partial charge on any atom is -0.748 e. The summed E-state index contributed by atoms with van der Waals surface area (Å²) in [4.78, 5) is 0. The van der Waals surface area contributed by atoms with Crippen LogP contribution in [0, 0.1) is 23.2 Å². The summed E-state index contributed by atoms with van der Waals surface area (Å²) in [5.41, 5.74) is 0.199. The van der Waals surface area contributed by atoms with Crippen molar-refractivity contribution in [3.63, 3.8) is 0 Å². The molecule has 15 heteroatoms. The monoisotopic (exact) mass is 668 g/mol. The van der Waals surface area contributed by atoms with Gasteiger partial charge in [-0.15, -0.1) is 0 Å². The molecule has 0 heterocycles. The van der Waals surface area contributed by atoms with Crippen LogP contribution in [0.1, 0.15) is 111 Å². The summed E-state index contributed by atoms with van der Waals surface area (Å²) in [5.74, 6) is 1.07. The maximum absolute atomic E-state index is 13.7. The van der Waals surface area contributed by atoms with E-state index >= 15 is 0 Å². The van der Waals surface area contributed by atoms with Crippen LogP contribution in [0.2, 0.25) is 0 Å². The summed E-state index contributed by atoms with van der Waals surface area (Å²) in [6, 6.07) is 0. The Morgan fingerprint density at radius 2 is 0.977 bits per heavy atom. The van der Waals surface area contributed by atoms with Crippen molar-refractivity contribution >= 4 is 30.1 Å². The van der Waals surface area contributed by atoms with Gasteiger partial charge in [0.25, 0.3) is 0 Å². The van der Waals surface area contributed by atoms with Crippen molar-refractivity contribution in [2.24, 2.45) is 23.2 Å². The molecule has 6 unspecified atom stereocenters. The predicted molar refractivity (Wildman–Crippen MR) is 157 cm³/mol. The van der Waals surface area contributed by atoms with Crippen LogP contribution in [-0.2, 0) is 39.5 Å². The first-order valence-corrected chi connectivity index (χ1v) is 20.3. The van der Waals surface area contributed by atoms with Crippen molar-refractivity contribution in [3.8, 4) is 0 Å². The molecule has 246 valence electrons. The molecule has 0 aromatic rings. The Morgan fingerprint density at radius 3 is 1.43 bits per heavy atom. The van der Waals surface area contributed by atoms with Gasteiger partial charge in [0.2, 0.25) is 0 Å². The Labute approximate surface area is 290 Å². The second-order valence-corrected chi connectivity index (χ2v) is 19.8. The van der Waals surface area contributed by atoms with Crippen LogP contribution in [0.3, 0.4) is 0 Å². The van der Waals surface area contributed by atoms with Gasteiger partial charge in [0.05, 0.1) is 59.5 Å². The fourth-order valence-electron chi connectivity index (χ4n) is 8.66. The molecule has 0 radical (unpaired) electrons. The van der Waals surface area contributed by atoms with Crippen molar-refractivity contribution in [1.29, 1.82) is 0 Å². The molecular weight excluding hydrogens is 618 g/mol. The summed E-state index contributed by atoms with van der Waals surface area (Å²) in [6.07, 6.45) is 8.12. The largest absolute Gasteiger partial charge is 1.00 e. The van der Waals surface area contributed by atoms with E-state index in [1.165, 1.54) is 12.8 Å². The third-order valence-electron chi connectivity index (χ3n) is 11.4. The van der Waals surface area contributed by atoms with Crippen LogP contribution in [0.5, 0.6) is 0 Å². The van der Waals surface area contributed by atoms with Crippen LogP contribution in [0.15, 0.2) is 0 Å². The Kier molecular flexibility index (Phi) is 15.0. The molecule has 4 saturated carbocycles. The Balaban J connectivity index is 0.00000337. The number of hydrogen-bond acceptors (Lipinski definition) is 10. The molecule has 4 aliphatic rings. The van der Waals surface area contributed by atoms with Crippen molar-refractivity contribution in [1.82, 2.24) is 0 Å². The molecular formula is C29H50Li2O10S3. The Bertz CT molecular complexity index is 1240. The van der Waals surface area contributed by atoms with E-state index in [1.807, 2.05) is 0 Å². The molecule has 44 heavy (non-hydrogen) atoms. The summed E-state index contributed by atoms with van der Waals surface area (Å²) < 4.78 is 112. The molecule has 4 aliphatic carbocycles. The molecule has 0 aromatic heterocycles. The fourth-order valence-corrected chi connectivity index (χ4v) is 14.9. The van der Waals surface area contributed by atoms with Gasteiger partial charge in [-0.05, 0) is 113 Å². The standard InChI is InChI=1S/C29H52O10S3.2Li/c1-19-5-15-25(27(17-19)41(32,33)34)40(30,31)26-16-14-24(18-28(26)42(35,36)37)39-23-12-8-21(9-13-23)29(2,3)20-6-10-22(38-4)11-7-20;;/h19-28H,5-18H2,1-4H3,(H,32,33,34)(H,35,36,37);;/q;2*+1/p-2. The van der Waals surface area contributed by atoms with E-state index in [2.05, 4.69) is 13.8 Å². The van der Waals surface area contributed by atoms with Gasteiger partial charge in [-0.2, -0.15) is 0 Å². The fraction of sp³-hybridized carbons (Fsp3) is 1.00. The molecule has 0 N–H and O–H groups in total. The van der Waals surface area contributed by atoms with E-state index in [9.17, 15) is 34.4 Å². The van der Waals surface area contributed by atoms with E-state index in [1.54, 1.807) is 14.0 Å². The number of methoxy groups -OCH3 is 1. The molecule has 10 nitrogen and oxygen atoms in total. The van der Waals surface area contributed by atoms with Gasteiger partial charge in [-0.3, -0.25) is 0 Å². The summed E-state index contributed by atoms with van der Waals surface area (Å²) in [7, 11) is -12.6. The minimum absolute atomic E-state index is 0. The van der Waals surface area contributed by atoms with Gasteiger partial charge in [0, 0.05) is 7.11 Å². The first-order valence-electron chi connectivity index (χ1n) is 15.7. The smallest absolute Gasteiger partial charge is 0.748 e. The van der Waals surface area contributed by atoms with Gasteiger partial charge < -0.3 is 18.6 Å². The zero-order valence-corrected chi connectivity index (χ0v) is 29.9. The topological polar surface area (TPSA) is 167 Å². The molecule has 0 aliphatic heterocycles. The van der Waals surface area contributed by atoms with Crippen LogP contribution >= 0.6 is 0 Å². The third-order valence-corrected chi connectivity index (χ3v) is 17.1. The average molecular weight is 669 g/mol. The molecule has 0 amide bonds. The maximum atomic E-state index is 13.7. The van der Waals surface area contributed by atoms with E-state index in [0.29, 0.717) is 24.4 Å². The quantitative estimate of drug-likeness (QED) is 0.201. The first kappa shape index (κ1) is 41.1. The van der Waals surface area contributed by atoms with Crippen LogP contribution in [0.4, 0.5) is 0 Å². The van der Waals surface area contributed by atoms with Gasteiger partial charge in [-0.1, -0.05) is 20.8 Å². The number of hydrogen-bond donors (Lipinski definition) is 0. The normalized spacial score (nSPS) is 37.8. The zero-order chi connectivity index (χ0) is 31.1. The zero-order valence-electron chi connectivity index (χ0n) is 27.5. The molecule has 0 saturated heterocycles. The molecule has 4 fully saturated rings. The van der Waals surface area contributed by atoms with Gasteiger partial charge >= 0.3 is 37.7 Å². The maximum Gasteiger partial charge on any atom is 1.00 e. The molecule has 0 spiro atoms. The average Bonchev–Trinajstić information content (AvgIpc) is 2.92. The number of rotatable bonds is 9. The van der Waals surface area contributed by atoms with Crippen molar-refractivity contribution < 1.29 is 81.6 Å². The Morgan fingerprint density at radius 1 is 0.568 bits per heavy atom. The van der Waals surface area contributed by atoms with E-state index in [4.69, 9.17) is 9.47 Å². The SMILES string of the molecule is COC1CCC(C(C)(C)C2CCC(OC3CCC(S(=O)(=O)C4CCC(C)CC4S(=O)(=O)[O-])C(S(=O)(=O)[O-])C3)CC2)CC1.[Li+].[Li+]. The van der Waals surface area contributed by atoms with Crippen LogP contribution < -0.4 is 37.7 Å². The van der Waals surface area contributed by atoms with Crippen LogP contribution in [0.25, 0.3) is 0 Å². The van der Waals surface area contributed by atoms with Crippen molar-refractivity contribution in [3.05, 3.63) is 0 Å². The Hall–Kier alpha value is 0.885. The van der Waals surface area contributed by atoms with E-state index in [-0.39, 0.29) is 87.3 Å². The summed E-state index contributed by atoms with van der Waals surface area (Å²) in [6.45, 7) is 6.51. The molecule has 6 atom stereocenters. The minimum atomic E-state index is -5.03. The van der Waals surface area contributed by atoms with Crippen LogP contribution in [-0.4, -0.2) is 80.8 Å². The number of sulfone groups is 1. The van der Waals surface area contributed by atoms with E-state index < -0.39 is 57.2 Å². The van der Waals surface area contributed by atoms with Crippen molar-refractivity contribution in [2.45, 2.75) is 150 Å². The van der Waals surface area contributed by atoms with Gasteiger partial charge in [-0.25, -0.2) is 25.3 Å². The third kappa shape index (κ3) is 9.52. The van der Waals surface area contributed by atoms with Crippen molar-refractivity contribution in [2.75, 3.05) is 7.11 Å². The van der Waals surface area contributed by atoms with E-state index in [0.717, 1.165) is 38.5 Å². The second-order valence-electron chi connectivity index (χ2n) is 14.2. The summed E-state index contributed by atoms with van der Waals surface area (Å²) in [5, 5.41) is -6.39. The molecule has 4 rings (SSSR count). The number of ether oxygens (including phenoxy) is 2. The van der Waals surface area contributed by atoms with Gasteiger partial charge in [0.1, 0.15) is 0 Å². The van der Waals surface area contributed by atoms with Gasteiger partial charge in [0.15, 0.2) is 9.84 Å². The molecule has 0 aromatic carbocycles. The second kappa shape index (κ2) is 16.1. The summed E-state index contributed by atoms with van der Waals surface area (Å²) >= 11 is 0. The first-order chi connectivity index (χ1) is 19.4. The predicted octanol–water partition coefficient (Wildman–Crippen LogP) is -1.85. The molecule has 0 bridgehead atoms.